The van der Waals surface area contributed by atoms with Crippen molar-refractivity contribution in [2.75, 3.05) is 7.11 Å². The molecule has 0 amide bonds. The van der Waals surface area contributed by atoms with Gasteiger partial charge in [-0.1, -0.05) is 12.1 Å². The lowest BCUT2D eigenvalue weighted by atomic mass is 10.1. The average Bonchev–Trinajstić information content (AvgIpc) is 2.90. The fourth-order valence-electron chi connectivity index (χ4n) is 1.88. The number of benzene rings is 1. The number of methoxy groups -OCH3 is 1. The minimum absolute atomic E-state index is 0.528. The minimum Gasteiger partial charge on any atom is -0.480 e. The van der Waals surface area contributed by atoms with Gasteiger partial charge in [-0.2, -0.15) is 5.26 Å². The van der Waals surface area contributed by atoms with Crippen LogP contribution in [0.1, 0.15) is 5.56 Å². The van der Waals surface area contributed by atoms with E-state index in [-0.39, 0.29) is 0 Å². The Hall–Kier alpha value is -2.87. The van der Waals surface area contributed by atoms with Crippen LogP contribution in [0.25, 0.3) is 16.9 Å². The zero-order valence-electron chi connectivity index (χ0n) is 10.2. The number of imidazole rings is 1. The van der Waals surface area contributed by atoms with E-state index in [4.69, 9.17) is 10.00 Å². The van der Waals surface area contributed by atoms with E-state index in [0.29, 0.717) is 11.4 Å². The fourth-order valence-corrected chi connectivity index (χ4v) is 1.88. The number of aromatic nitrogens is 3. The Morgan fingerprint density at radius 2 is 1.95 bits per heavy atom. The van der Waals surface area contributed by atoms with Crippen molar-refractivity contribution < 1.29 is 4.74 Å². The molecule has 2 heterocycles. The van der Waals surface area contributed by atoms with Crippen LogP contribution >= 0.6 is 0 Å². The fraction of sp³-hybridized carbons (Fsp3) is 0.0714. The summed E-state index contributed by atoms with van der Waals surface area (Å²) in [4.78, 5) is 4.29. The van der Waals surface area contributed by atoms with Crippen molar-refractivity contribution in [3.63, 3.8) is 0 Å². The van der Waals surface area contributed by atoms with Gasteiger partial charge in [0.05, 0.1) is 30.6 Å². The quantitative estimate of drug-likeness (QED) is 0.700. The molecule has 2 aromatic heterocycles. The lowest BCUT2D eigenvalue weighted by molar-refractivity contribution is 0.390. The van der Waals surface area contributed by atoms with Crippen molar-refractivity contribution in [1.82, 2.24) is 14.6 Å². The second-order valence-electron chi connectivity index (χ2n) is 3.98. The van der Waals surface area contributed by atoms with Crippen LogP contribution in [0.15, 0.2) is 42.6 Å². The Morgan fingerprint density at radius 1 is 1.16 bits per heavy atom. The molecule has 0 spiro atoms. The molecule has 0 bridgehead atoms. The summed E-state index contributed by atoms with van der Waals surface area (Å²) in [5.74, 6) is 0.528. The largest absolute Gasteiger partial charge is 0.480 e. The van der Waals surface area contributed by atoms with Gasteiger partial charge in [0.15, 0.2) is 5.65 Å². The lowest BCUT2D eigenvalue weighted by Gasteiger charge is -2.03. The van der Waals surface area contributed by atoms with Crippen molar-refractivity contribution in [2.45, 2.75) is 0 Å². The Balaban J connectivity index is 2.16. The van der Waals surface area contributed by atoms with Crippen LogP contribution in [0.4, 0.5) is 0 Å². The summed E-state index contributed by atoms with van der Waals surface area (Å²) < 4.78 is 6.84. The van der Waals surface area contributed by atoms with Gasteiger partial charge in [0.1, 0.15) is 0 Å². The first-order chi connectivity index (χ1) is 9.31. The van der Waals surface area contributed by atoms with Gasteiger partial charge in [-0.3, -0.25) is 0 Å². The number of nitrogens with zero attached hydrogens (tertiary/aromatic N) is 4. The van der Waals surface area contributed by atoms with Gasteiger partial charge >= 0.3 is 0 Å². The van der Waals surface area contributed by atoms with E-state index in [2.05, 4.69) is 16.2 Å². The zero-order valence-corrected chi connectivity index (χ0v) is 10.2. The Morgan fingerprint density at radius 3 is 2.63 bits per heavy atom. The predicted molar refractivity (Wildman–Crippen MR) is 69.7 cm³/mol. The zero-order chi connectivity index (χ0) is 13.2. The summed E-state index contributed by atoms with van der Waals surface area (Å²) in [6, 6.07) is 13.0. The van der Waals surface area contributed by atoms with Crippen LogP contribution in [0.3, 0.4) is 0 Å². The van der Waals surface area contributed by atoms with Crippen molar-refractivity contribution in [3.8, 4) is 23.2 Å². The summed E-state index contributed by atoms with van der Waals surface area (Å²) in [6.07, 6.45) is 1.75. The van der Waals surface area contributed by atoms with E-state index in [1.165, 1.54) is 0 Å². The second kappa shape index (κ2) is 4.42. The van der Waals surface area contributed by atoms with Gasteiger partial charge in [0, 0.05) is 11.6 Å². The molecule has 0 saturated heterocycles. The third-order valence-corrected chi connectivity index (χ3v) is 2.86. The van der Waals surface area contributed by atoms with Crippen LogP contribution in [-0.2, 0) is 0 Å². The molecular formula is C14H10N4O. The van der Waals surface area contributed by atoms with Crippen molar-refractivity contribution in [2.24, 2.45) is 0 Å². The monoisotopic (exact) mass is 250 g/mol. The van der Waals surface area contributed by atoms with Gasteiger partial charge in [-0.25, -0.2) is 9.50 Å². The summed E-state index contributed by atoms with van der Waals surface area (Å²) in [5, 5.41) is 13.1. The van der Waals surface area contributed by atoms with Gasteiger partial charge in [-0.15, -0.1) is 5.10 Å². The molecule has 0 saturated carbocycles. The Kier molecular flexibility index (Phi) is 2.62. The molecule has 19 heavy (non-hydrogen) atoms. The first-order valence-electron chi connectivity index (χ1n) is 5.71. The number of nitriles is 1. The molecule has 0 radical (unpaired) electrons. The van der Waals surface area contributed by atoms with Gasteiger partial charge in [0.2, 0.25) is 5.88 Å². The summed E-state index contributed by atoms with van der Waals surface area (Å²) in [7, 11) is 1.58. The smallest absolute Gasteiger partial charge is 0.231 e. The van der Waals surface area contributed by atoms with E-state index in [1.807, 2.05) is 18.2 Å². The number of hydrogen-bond acceptors (Lipinski definition) is 4. The molecule has 0 aliphatic heterocycles. The van der Waals surface area contributed by atoms with Crippen LogP contribution in [-0.4, -0.2) is 21.7 Å². The third-order valence-electron chi connectivity index (χ3n) is 2.86. The Labute approximate surface area is 109 Å². The lowest BCUT2D eigenvalue weighted by Crippen LogP contribution is -1.97. The van der Waals surface area contributed by atoms with E-state index >= 15 is 0 Å². The highest BCUT2D eigenvalue weighted by atomic mass is 16.5. The maximum absolute atomic E-state index is 8.80. The van der Waals surface area contributed by atoms with Crippen LogP contribution in [0.2, 0.25) is 0 Å². The molecular weight excluding hydrogens is 240 g/mol. The predicted octanol–water partition coefficient (Wildman–Crippen LogP) is 2.28. The van der Waals surface area contributed by atoms with Gasteiger partial charge in [-0.05, 0) is 18.2 Å². The summed E-state index contributed by atoms with van der Waals surface area (Å²) in [5.41, 5.74) is 3.19. The molecule has 92 valence electrons. The Bertz CT molecular complexity index is 768. The molecule has 0 aliphatic rings. The molecule has 0 atom stereocenters. The normalized spacial score (nSPS) is 10.3. The first-order valence-corrected chi connectivity index (χ1v) is 5.71. The van der Waals surface area contributed by atoms with E-state index in [0.717, 1.165) is 16.9 Å². The van der Waals surface area contributed by atoms with E-state index in [1.54, 1.807) is 36.0 Å². The molecule has 1 aromatic carbocycles. The van der Waals surface area contributed by atoms with Crippen molar-refractivity contribution >= 4 is 5.65 Å². The molecule has 0 unspecified atom stereocenters. The first kappa shape index (κ1) is 11.2. The highest BCUT2D eigenvalue weighted by Gasteiger charge is 2.08. The van der Waals surface area contributed by atoms with Crippen LogP contribution in [0.5, 0.6) is 5.88 Å². The molecule has 0 fully saturated rings. The summed E-state index contributed by atoms with van der Waals surface area (Å²) >= 11 is 0. The van der Waals surface area contributed by atoms with Gasteiger partial charge < -0.3 is 4.74 Å². The highest BCUT2D eigenvalue weighted by molar-refractivity contribution is 5.63. The average molecular weight is 250 g/mol. The number of fused-ring (bicyclic) bond motifs is 1. The molecule has 3 aromatic rings. The van der Waals surface area contributed by atoms with Crippen molar-refractivity contribution in [1.29, 1.82) is 5.26 Å². The standard InChI is InChI=1S/C14H10N4O/c1-19-14-7-6-13-16-9-12(18(13)17-14)11-4-2-10(8-15)3-5-11/h2-7,9H,1H3. The molecule has 0 aliphatic carbocycles. The van der Waals surface area contributed by atoms with Crippen molar-refractivity contribution in [3.05, 3.63) is 48.2 Å². The molecule has 3 rings (SSSR count). The maximum Gasteiger partial charge on any atom is 0.231 e. The topological polar surface area (TPSA) is 63.2 Å². The van der Waals surface area contributed by atoms with Crippen LogP contribution in [0, 0.1) is 11.3 Å². The summed E-state index contributed by atoms with van der Waals surface area (Å²) in [6.45, 7) is 0. The van der Waals surface area contributed by atoms with E-state index in [9.17, 15) is 0 Å². The highest BCUT2D eigenvalue weighted by Crippen LogP contribution is 2.21. The number of hydrogen-bond donors (Lipinski definition) is 0. The number of rotatable bonds is 2. The van der Waals surface area contributed by atoms with Gasteiger partial charge in [0.25, 0.3) is 0 Å². The second-order valence-corrected chi connectivity index (χ2v) is 3.98. The minimum atomic E-state index is 0.528. The van der Waals surface area contributed by atoms with E-state index < -0.39 is 0 Å². The molecule has 0 N–H and O–H groups in total. The maximum atomic E-state index is 8.80. The molecule has 5 heteroatoms. The third kappa shape index (κ3) is 1.89. The SMILES string of the molecule is COc1ccc2ncc(-c3ccc(C#N)cc3)n2n1. The number of ether oxygens (including phenoxy) is 1. The van der Waals surface area contributed by atoms with Crippen LogP contribution < -0.4 is 4.74 Å². The molecule has 5 nitrogen and oxygen atoms in total.